The Kier molecular flexibility index (Phi) is 5.93. The van der Waals surface area contributed by atoms with Crippen LogP contribution in [0.1, 0.15) is 27.7 Å². The molecule has 5 nitrogen and oxygen atoms in total. The summed E-state index contributed by atoms with van der Waals surface area (Å²) in [5, 5.41) is 16.1. The molecule has 0 unspecified atom stereocenters. The molecule has 0 bridgehead atoms. The van der Waals surface area contributed by atoms with Crippen LogP contribution in [0, 0.1) is 5.92 Å². The number of rotatable bonds is 7. The lowest BCUT2D eigenvalue weighted by Gasteiger charge is -2.21. The number of nitrogens with zero attached hydrogens (tertiary/aromatic N) is 2. The molecule has 1 aromatic carbocycles. The van der Waals surface area contributed by atoms with Gasteiger partial charge in [0.2, 0.25) is 5.95 Å². The SMILES string of the molecule is CC(C)Nc1cc(-c2ccccc2)nc(N[C@H](CO)C(C)C)n1. The van der Waals surface area contributed by atoms with E-state index in [1.165, 1.54) is 0 Å². The molecule has 0 aliphatic carbocycles. The molecule has 0 spiro atoms. The topological polar surface area (TPSA) is 70.1 Å². The van der Waals surface area contributed by atoms with Crippen LogP contribution in [0.3, 0.4) is 0 Å². The number of aliphatic hydroxyl groups excluding tert-OH is 1. The van der Waals surface area contributed by atoms with Crippen LogP contribution >= 0.6 is 0 Å². The Morgan fingerprint density at radius 3 is 2.26 bits per heavy atom. The maximum absolute atomic E-state index is 9.53. The van der Waals surface area contributed by atoms with E-state index in [4.69, 9.17) is 0 Å². The molecule has 1 atom stereocenters. The summed E-state index contributed by atoms with van der Waals surface area (Å²) in [5.74, 6) is 1.59. The third kappa shape index (κ3) is 4.93. The minimum atomic E-state index is -0.0760. The molecule has 0 aliphatic heterocycles. The van der Waals surface area contributed by atoms with Gasteiger partial charge in [-0.1, -0.05) is 44.2 Å². The van der Waals surface area contributed by atoms with E-state index in [1.54, 1.807) is 0 Å². The van der Waals surface area contributed by atoms with Gasteiger partial charge in [-0.2, -0.15) is 4.98 Å². The fourth-order valence-corrected chi connectivity index (χ4v) is 2.23. The van der Waals surface area contributed by atoms with Gasteiger partial charge in [-0.05, 0) is 19.8 Å². The van der Waals surface area contributed by atoms with Crippen LogP contribution < -0.4 is 10.6 Å². The highest BCUT2D eigenvalue weighted by atomic mass is 16.3. The lowest BCUT2D eigenvalue weighted by atomic mass is 10.1. The van der Waals surface area contributed by atoms with Crippen molar-refractivity contribution in [1.82, 2.24) is 9.97 Å². The first kappa shape index (κ1) is 17.2. The van der Waals surface area contributed by atoms with Crippen LogP contribution in [-0.4, -0.2) is 33.8 Å². The molecule has 2 rings (SSSR count). The number of hydrogen-bond acceptors (Lipinski definition) is 5. The Balaban J connectivity index is 2.37. The van der Waals surface area contributed by atoms with Crippen LogP contribution in [0.2, 0.25) is 0 Å². The van der Waals surface area contributed by atoms with Crippen molar-refractivity contribution in [1.29, 1.82) is 0 Å². The largest absolute Gasteiger partial charge is 0.394 e. The van der Waals surface area contributed by atoms with Gasteiger partial charge in [0.25, 0.3) is 0 Å². The number of nitrogens with one attached hydrogen (secondary N) is 2. The fourth-order valence-electron chi connectivity index (χ4n) is 2.23. The highest BCUT2D eigenvalue weighted by molar-refractivity contribution is 5.64. The highest BCUT2D eigenvalue weighted by Gasteiger charge is 2.15. The van der Waals surface area contributed by atoms with Crippen LogP contribution in [0.15, 0.2) is 36.4 Å². The highest BCUT2D eigenvalue weighted by Crippen LogP contribution is 2.22. The predicted octanol–water partition coefficient (Wildman–Crippen LogP) is 3.39. The van der Waals surface area contributed by atoms with Crippen molar-refractivity contribution in [2.75, 3.05) is 17.2 Å². The molecule has 0 fully saturated rings. The zero-order valence-electron chi connectivity index (χ0n) is 14.2. The Bertz CT molecular complexity index is 614. The van der Waals surface area contributed by atoms with Crippen LogP contribution in [-0.2, 0) is 0 Å². The van der Waals surface area contributed by atoms with Gasteiger partial charge in [-0.3, -0.25) is 0 Å². The molecule has 0 saturated carbocycles. The second-order valence-electron chi connectivity index (χ2n) is 6.30. The van der Waals surface area contributed by atoms with Crippen molar-refractivity contribution >= 4 is 11.8 Å². The fraction of sp³-hybridized carbons (Fsp3) is 0.444. The Morgan fingerprint density at radius 1 is 1.00 bits per heavy atom. The Morgan fingerprint density at radius 2 is 1.70 bits per heavy atom. The molecule has 2 aromatic rings. The molecule has 0 aliphatic rings. The summed E-state index contributed by atoms with van der Waals surface area (Å²) in [4.78, 5) is 9.13. The predicted molar refractivity (Wildman–Crippen MR) is 95.6 cm³/mol. The van der Waals surface area contributed by atoms with Crippen molar-refractivity contribution < 1.29 is 5.11 Å². The molecule has 1 heterocycles. The molecule has 124 valence electrons. The summed E-state index contributed by atoms with van der Waals surface area (Å²) in [6.07, 6.45) is 0. The monoisotopic (exact) mass is 314 g/mol. The van der Waals surface area contributed by atoms with Gasteiger partial charge in [0.1, 0.15) is 5.82 Å². The van der Waals surface area contributed by atoms with E-state index >= 15 is 0 Å². The zero-order valence-corrected chi connectivity index (χ0v) is 14.2. The normalized spacial score (nSPS) is 12.5. The maximum Gasteiger partial charge on any atom is 0.225 e. The summed E-state index contributed by atoms with van der Waals surface area (Å²) >= 11 is 0. The van der Waals surface area contributed by atoms with Gasteiger partial charge in [-0.25, -0.2) is 4.98 Å². The Hall–Kier alpha value is -2.14. The third-order valence-corrected chi connectivity index (χ3v) is 3.55. The summed E-state index contributed by atoms with van der Waals surface area (Å²) in [7, 11) is 0. The summed E-state index contributed by atoms with van der Waals surface area (Å²) < 4.78 is 0. The smallest absolute Gasteiger partial charge is 0.225 e. The van der Waals surface area contributed by atoms with E-state index in [0.717, 1.165) is 17.1 Å². The summed E-state index contributed by atoms with van der Waals surface area (Å²) in [6, 6.07) is 12.2. The first-order valence-corrected chi connectivity index (χ1v) is 8.08. The Labute approximate surface area is 138 Å². The van der Waals surface area contributed by atoms with Crippen molar-refractivity contribution in [2.45, 2.75) is 39.8 Å². The minimum Gasteiger partial charge on any atom is -0.394 e. The molecule has 3 N–H and O–H groups in total. The van der Waals surface area contributed by atoms with Crippen molar-refractivity contribution in [3.05, 3.63) is 36.4 Å². The average molecular weight is 314 g/mol. The lowest BCUT2D eigenvalue weighted by molar-refractivity contribution is 0.248. The van der Waals surface area contributed by atoms with Gasteiger partial charge >= 0.3 is 0 Å². The standard InChI is InChI=1S/C18H26N4O/c1-12(2)16(11-23)21-18-20-15(14-8-6-5-7-9-14)10-17(22-18)19-13(3)4/h5-10,12-13,16,23H,11H2,1-4H3,(H2,19,20,21,22)/t16-/m1/s1. The first-order chi connectivity index (χ1) is 11.0. The zero-order chi connectivity index (χ0) is 16.8. The lowest BCUT2D eigenvalue weighted by Crippen LogP contribution is -2.30. The first-order valence-electron chi connectivity index (χ1n) is 8.08. The van der Waals surface area contributed by atoms with E-state index in [9.17, 15) is 5.11 Å². The summed E-state index contributed by atoms with van der Waals surface area (Å²) in [5.41, 5.74) is 1.89. The molecule has 5 heteroatoms. The third-order valence-electron chi connectivity index (χ3n) is 3.55. The maximum atomic E-state index is 9.53. The molecule has 23 heavy (non-hydrogen) atoms. The van der Waals surface area contributed by atoms with Gasteiger partial charge in [0.15, 0.2) is 0 Å². The van der Waals surface area contributed by atoms with E-state index < -0.39 is 0 Å². The minimum absolute atomic E-state index is 0.0452. The van der Waals surface area contributed by atoms with Crippen LogP contribution in [0.4, 0.5) is 11.8 Å². The second kappa shape index (κ2) is 7.92. The molecule has 0 saturated heterocycles. The molecular formula is C18H26N4O. The number of aromatic nitrogens is 2. The summed E-state index contributed by atoms with van der Waals surface area (Å²) in [6.45, 7) is 8.30. The number of hydrogen-bond donors (Lipinski definition) is 3. The quantitative estimate of drug-likeness (QED) is 0.731. The second-order valence-corrected chi connectivity index (χ2v) is 6.30. The number of anilines is 2. The van der Waals surface area contributed by atoms with Gasteiger partial charge in [0, 0.05) is 17.7 Å². The van der Waals surface area contributed by atoms with Gasteiger partial charge in [-0.15, -0.1) is 0 Å². The number of benzene rings is 1. The van der Waals surface area contributed by atoms with Crippen LogP contribution in [0.25, 0.3) is 11.3 Å². The van der Waals surface area contributed by atoms with Crippen molar-refractivity contribution in [2.24, 2.45) is 5.92 Å². The van der Waals surface area contributed by atoms with E-state index in [2.05, 4.69) is 48.3 Å². The van der Waals surface area contributed by atoms with E-state index in [-0.39, 0.29) is 24.6 Å². The van der Waals surface area contributed by atoms with Crippen LogP contribution in [0.5, 0.6) is 0 Å². The van der Waals surface area contributed by atoms with Gasteiger partial charge in [0.05, 0.1) is 18.3 Å². The van der Waals surface area contributed by atoms with Gasteiger partial charge < -0.3 is 15.7 Å². The van der Waals surface area contributed by atoms with Crippen molar-refractivity contribution in [3.8, 4) is 11.3 Å². The number of aliphatic hydroxyl groups is 1. The van der Waals surface area contributed by atoms with Crippen molar-refractivity contribution in [3.63, 3.8) is 0 Å². The molecular weight excluding hydrogens is 288 g/mol. The van der Waals surface area contributed by atoms with E-state index in [0.29, 0.717) is 5.95 Å². The molecule has 1 aromatic heterocycles. The average Bonchev–Trinajstić information content (AvgIpc) is 2.52. The molecule has 0 amide bonds. The molecule has 0 radical (unpaired) electrons. The van der Waals surface area contributed by atoms with E-state index in [1.807, 2.05) is 36.4 Å².